The van der Waals surface area contributed by atoms with Gasteiger partial charge in [-0.25, -0.2) is 0 Å². The van der Waals surface area contributed by atoms with E-state index in [1.165, 1.54) is 0 Å². The average Bonchev–Trinajstić information content (AvgIpc) is 2.95. The summed E-state index contributed by atoms with van der Waals surface area (Å²) in [5.74, 6) is 0.991. The number of hydrogen-bond donors (Lipinski definition) is 0. The van der Waals surface area contributed by atoms with Crippen molar-refractivity contribution in [2.24, 2.45) is 0 Å². The van der Waals surface area contributed by atoms with E-state index in [1.54, 1.807) is 0 Å². The van der Waals surface area contributed by atoms with Crippen molar-refractivity contribution >= 4 is 28.1 Å². The van der Waals surface area contributed by atoms with Crippen LogP contribution in [0.2, 0.25) is 0 Å². The van der Waals surface area contributed by atoms with Gasteiger partial charge in [0.1, 0.15) is 0 Å². The maximum atomic E-state index is 5.63. The second kappa shape index (κ2) is 5.84. The fourth-order valence-electron chi connectivity index (χ4n) is 1.78. The molecular weight excluding hydrogens is 316 g/mol. The molecule has 0 amide bonds. The number of halogens is 1. The molecule has 2 aromatic carbocycles. The summed E-state index contributed by atoms with van der Waals surface area (Å²) < 4.78 is 6.57. The number of aromatic nitrogens is 2. The number of hydrogen-bond acceptors (Lipinski definition) is 3. The highest BCUT2D eigenvalue weighted by Crippen LogP contribution is 2.26. The highest BCUT2D eigenvalue weighted by Gasteiger charge is 2.09. The van der Waals surface area contributed by atoms with Crippen molar-refractivity contribution in [1.82, 2.24) is 10.2 Å². The Kier molecular flexibility index (Phi) is 3.74. The molecule has 0 saturated heterocycles. The van der Waals surface area contributed by atoms with Crippen LogP contribution in [0.1, 0.15) is 11.5 Å². The second-order valence-electron chi connectivity index (χ2n) is 4.17. The summed E-state index contributed by atoms with van der Waals surface area (Å²) in [6.45, 7) is 0. The van der Waals surface area contributed by atoms with Gasteiger partial charge in [0.15, 0.2) is 0 Å². The minimum atomic E-state index is 0.486. The summed E-state index contributed by atoms with van der Waals surface area (Å²) in [7, 11) is 0. The Hall–Kier alpha value is -2.20. The van der Waals surface area contributed by atoms with E-state index in [4.69, 9.17) is 4.42 Å². The molecule has 20 heavy (non-hydrogen) atoms. The SMILES string of the molecule is Brc1ccccc1-c1nnc(/C=C/c2ccccc2)o1. The third-order valence-corrected chi connectivity index (χ3v) is 3.45. The van der Waals surface area contributed by atoms with E-state index in [2.05, 4.69) is 26.1 Å². The molecule has 0 saturated carbocycles. The Morgan fingerprint density at radius 2 is 1.60 bits per heavy atom. The highest BCUT2D eigenvalue weighted by molar-refractivity contribution is 9.10. The molecular formula is C16H11BrN2O. The van der Waals surface area contributed by atoms with Crippen LogP contribution >= 0.6 is 15.9 Å². The molecule has 0 aliphatic rings. The van der Waals surface area contributed by atoms with Crippen molar-refractivity contribution < 1.29 is 4.42 Å². The Balaban J connectivity index is 1.85. The molecule has 3 nitrogen and oxygen atoms in total. The van der Waals surface area contributed by atoms with Crippen molar-refractivity contribution in [3.05, 3.63) is 70.5 Å². The predicted octanol–water partition coefficient (Wildman–Crippen LogP) is 4.67. The maximum absolute atomic E-state index is 5.63. The van der Waals surface area contributed by atoms with Crippen LogP contribution in [0.25, 0.3) is 23.6 Å². The molecule has 3 rings (SSSR count). The van der Waals surface area contributed by atoms with Gasteiger partial charge in [0.25, 0.3) is 0 Å². The highest BCUT2D eigenvalue weighted by atomic mass is 79.9. The maximum Gasteiger partial charge on any atom is 0.249 e. The first-order chi connectivity index (χ1) is 9.83. The van der Waals surface area contributed by atoms with E-state index >= 15 is 0 Å². The van der Waals surface area contributed by atoms with Gasteiger partial charge in [0.2, 0.25) is 11.8 Å². The summed E-state index contributed by atoms with van der Waals surface area (Å²) in [5, 5.41) is 8.09. The Labute approximate surface area is 125 Å². The molecule has 0 bridgehead atoms. The second-order valence-corrected chi connectivity index (χ2v) is 5.02. The Morgan fingerprint density at radius 1 is 0.850 bits per heavy atom. The third kappa shape index (κ3) is 2.86. The molecule has 98 valence electrons. The summed E-state index contributed by atoms with van der Waals surface area (Å²) >= 11 is 3.47. The van der Waals surface area contributed by atoms with E-state index in [-0.39, 0.29) is 0 Å². The Morgan fingerprint density at radius 3 is 2.40 bits per heavy atom. The quantitative estimate of drug-likeness (QED) is 0.702. The lowest BCUT2D eigenvalue weighted by Crippen LogP contribution is -1.78. The zero-order valence-corrected chi connectivity index (χ0v) is 12.1. The molecule has 1 heterocycles. The van der Waals surface area contributed by atoms with Crippen LogP contribution in [0.5, 0.6) is 0 Å². The van der Waals surface area contributed by atoms with E-state index in [9.17, 15) is 0 Å². The molecule has 3 aromatic rings. The molecule has 4 heteroatoms. The summed E-state index contributed by atoms with van der Waals surface area (Å²) in [4.78, 5) is 0. The first-order valence-corrected chi connectivity index (χ1v) is 6.94. The van der Waals surface area contributed by atoms with Gasteiger partial charge >= 0.3 is 0 Å². The average molecular weight is 327 g/mol. The van der Waals surface area contributed by atoms with E-state index in [1.807, 2.05) is 66.7 Å². The molecule has 1 aromatic heterocycles. The third-order valence-electron chi connectivity index (χ3n) is 2.76. The van der Waals surface area contributed by atoms with Crippen molar-refractivity contribution in [3.8, 4) is 11.5 Å². The molecule has 0 spiro atoms. The summed E-state index contributed by atoms with van der Waals surface area (Å²) in [6.07, 6.45) is 3.75. The van der Waals surface area contributed by atoms with Gasteiger partial charge < -0.3 is 4.42 Å². The molecule has 0 aliphatic carbocycles. The normalized spacial score (nSPS) is 11.1. The van der Waals surface area contributed by atoms with Crippen molar-refractivity contribution in [2.75, 3.05) is 0 Å². The van der Waals surface area contributed by atoms with Gasteiger partial charge in [-0.2, -0.15) is 0 Å². The monoisotopic (exact) mass is 326 g/mol. The molecule has 0 fully saturated rings. The topological polar surface area (TPSA) is 38.9 Å². The van der Waals surface area contributed by atoms with Crippen LogP contribution in [0.15, 0.2) is 63.5 Å². The van der Waals surface area contributed by atoms with E-state index in [0.29, 0.717) is 11.8 Å². The molecule has 0 aliphatic heterocycles. The van der Waals surface area contributed by atoms with Crippen LogP contribution in [-0.4, -0.2) is 10.2 Å². The van der Waals surface area contributed by atoms with Crippen LogP contribution in [0, 0.1) is 0 Å². The number of nitrogens with zero attached hydrogens (tertiary/aromatic N) is 2. The largest absolute Gasteiger partial charge is 0.417 e. The minimum absolute atomic E-state index is 0.486. The van der Waals surface area contributed by atoms with Gasteiger partial charge in [-0.05, 0) is 39.7 Å². The van der Waals surface area contributed by atoms with Crippen LogP contribution in [-0.2, 0) is 0 Å². The van der Waals surface area contributed by atoms with Crippen molar-refractivity contribution in [3.63, 3.8) is 0 Å². The van der Waals surface area contributed by atoms with Gasteiger partial charge in [0.05, 0.1) is 5.56 Å². The van der Waals surface area contributed by atoms with Crippen LogP contribution < -0.4 is 0 Å². The lowest BCUT2D eigenvalue weighted by molar-refractivity contribution is 0.557. The van der Waals surface area contributed by atoms with Crippen LogP contribution in [0.4, 0.5) is 0 Å². The molecule has 0 radical (unpaired) electrons. The Bertz CT molecular complexity index is 735. The number of rotatable bonds is 3. The van der Waals surface area contributed by atoms with E-state index < -0.39 is 0 Å². The fraction of sp³-hybridized carbons (Fsp3) is 0. The molecule has 0 atom stereocenters. The molecule has 0 N–H and O–H groups in total. The summed E-state index contributed by atoms with van der Waals surface area (Å²) in [6, 6.07) is 17.7. The minimum Gasteiger partial charge on any atom is -0.417 e. The zero-order valence-electron chi connectivity index (χ0n) is 10.5. The van der Waals surface area contributed by atoms with E-state index in [0.717, 1.165) is 15.6 Å². The smallest absolute Gasteiger partial charge is 0.249 e. The number of benzene rings is 2. The first kappa shape index (κ1) is 12.8. The standard InChI is InChI=1S/C16H11BrN2O/c17-14-9-5-4-8-13(14)16-19-18-15(20-16)11-10-12-6-2-1-3-7-12/h1-11H/b11-10+. The van der Waals surface area contributed by atoms with Gasteiger partial charge in [-0.15, -0.1) is 10.2 Å². The predicted molar refractivity (Wildman–Crippen MR) is 82.8 cm³/mol. The van der Waals surface area contributed by atoms with Crippen LogP contribution in [0.3, 0.4) is 0 Å². The zero-order chi connectivity index (χ0) is 13.8. The summed E-state index contributed by atoms with van der Waals surface area (Å²) in [5.41, 5.74) is 1.98. The fourth-order valence-corrected chi connectivity index (χ4v) is 2.23. The lowest BCUT2D eigenvalue weighted by atomic mass is 10.2. The van der Waals surface area contributed by atoms with Gasteiger partial charge in [-0.1, -0.05) is 42.5 Å². The van der Waals surface area contributed by atoms with Crippen molar-refractivity contribution in [1.29, 1.82) is 0 Å². The van der Waals surface area contributed by atoms with Gasteiger partial charge in [-0.3, -0.25) is 0 Å². The first-order valence-electron chi connectivity index (χ1n) is 6.14. The lowest BCUT2D eigenvalue weighted by Gasteiger charge is -1.96. The molecule has 0 unspecified atom stereocenters. The van der Waals surface area contributed by atoms with Gasteiger partial charge in [0, 0.05) is 10.5 Å². The van der Waals surface area contributed by atoms with Crippen molar-refractivity contribution in [2.45, 2.75) is 0 Å².